The van der Waals surface area contributed by atoms with Crippen molar-refractivity contribution in [1.29, 1.82) is 0 Å². The van der Waals surface area contributed by atoms with E-state index >= 15 is 0 Å². The molecule has 90 valence electrons. The van der Waals surface area contributed by atoms with E-state index in [9.17, 15) is 4.79 Å². The predicted molar refractivity (Wildman–Crippen MR) is 65.8 cm³/mol. The Morgan fingerprint density at radius 1 is 1.29 bits per heavy atom. The Hall–Kier alpha value is -1.50. The summed E-state index contributed by atoms with van der Waals surface area (Å²) in [6.45, 7) is 4.02. The van der Waals surface area contributed by atoms with E-state index < -0.39 is 0 Å². The molecule has 0 aromatic carbocycles. The lowest BCUT2D eigenvalue weighted by molar-refractivity contribution is 0.636. The van der Waals surface area contributed by atoms with Gasteiger partial charge >= 0.3 is 0 Å². The third-order valence-corrected chi connectivity index (χ3v) is 3.23. The third-order valence-electron chi connectivity index (χ3n) is 2.69. The molecule has 0 fully saturated rings. The van der Waals surface area contributed by atoms with Gasteiger partial charge in [-0.15, -0.1) is 10.2 Å². The molecule has 0 saturated heterocycles. The van der Waals surface area contributed by atoms with Crippen molar-refractivity contribution in [2.24, 2.45) is 7.05 Å². The summed E-state index contributed by atoms with van der Waals surface area (Å²) in [5.41, 5.74) is -0.113. The first kappa shape index (κ1) is 12.0. The number of rotatable bonds is 2. The molecule has 0 radical (unpaired) electrons. The maximum atomic E-state index is 11.9. The van der Waals surface area contributed by atoms with Gasteiger partial charge in [-0.3, -0.25) is 9.36 Å². The Bertz CT molecular complexity index is 616. The third kappa shape index (κ3) is 2.14. The van der Waals surface area contributed by atoms with Crippen LogP contribution in [-0.2, 0) is 13.6 Å². The van der Waals surface area contributed by atoms with Crippen LogP contribution in [0.15, 0.2) is 15.5 Å². The van der Waals surface area contributed by atoms with Crippen molar-refractivity contribution in [2.45, 2.75) is 20.4 Å². The highest BCUT2D eigenvalue weighted by atomic mass is 79.9. The standard InChI is InChI=1S/C10H12BrN5O/c1-6-12-4-8(11)10(17)16(6)5-9-14-13-7(2)15(9)3/h4H,5H2,1-3H3. The average Bonchev–Trinajstić information content (AvgIpc) is 2.61. The first-order valence-electron chi connectivity index (χ1n) is 5.07. The predicted octanol–water partition coefficient (Wildman–Crippen LogP) is 0.799. The molecule has 0 bridgehead atoms. The summed E-state index contributed by atoms with van der Waals surface area (Å²) in [7, 11) is 1.87. The zero-order valence-corrected chi connectivity index (χ0v) is 11.4. The quantitative estimate of drug-likeness (QED) is 0.822. The van der Waals surface area contributed by atoms with E-state index in [0.717, 1.165) is 11.6 Å². The van der Waals surface area contributed by atoms with Crippen molar-refractivity contribution in [1.82, 2.24) is 24.3 Å². The van der Waals surface area contributed by atoms with Gasteiger partial charge in [-0.2, -0.15) is 0 Å². The summed E-state index contributed by atoms with van der Waals surface area (Å²) in [5, 5.41) is 7.99. The molecule has 17 heavy (non-hydrogen) atoms. The zero-order chi connectivity index (χ0) is 12.6. The molecule has 2 heterocycles. The van der Waals surface area contributed by atoms with Crippen LogP contribution in [0.25, 0.3) is 0 Å². The van der Waals surface area contributed by atoms with Crippen LogP contribution in [0.2, 0.25) is 0 Å². The summed E-state index contributed by atoms with van der Waals surface area (Å²) in [6.07, 6.45) is 1.51. The van der Waals surface area contributed by atoms with E-state index in [-0.39, 0.29) is 5.56 Å². The normalized spacial score (nSPS) is 10.8. The van der Waals surface area contributed by atoms with E-state index in [1.54, 1.807) is 11.5 Å². The second kappa shape index (κ2) is 4.40. The van der Waals surface area contributed by atoms with Gasteiger partial charge in [0, 0.05) is 13.2 Å². The SMILES string of the molecule is Cc1nnc(Cn2c(C)ncc(Br)c2=O)n1C. The molecule has 0 aliphatic rings. The number of halogens is 1. The van der Waals surface area contributed by atoms with Gasteiger partial charge in [-0.25, -0.2) is 4.98 Å². The molecule has 0 amide bonds. The maximum Gasteiger partial charge on any atom is 0.268 e. The van der Waals surface area contributed by atoms with E-state index in [4.69, 9.17) is 0 Å². The highest BCUT2D eigenvalue weighted by molar-refractivity contribution is 9.10. The minimum atomic E-state index is -0.113. The molecule has 2 aromatic rings. The van der Waals surface area contributed by atoms with Gasteiger partial charge in [0.2, 0.25) is 0 Å². The summed E-state index contributed by atoms with van der Waals surface area (Å²) >= 11 is 3.18. The van der Waals surface area contributed by atoms with Crippen LogP contribution in [0.1, 0.15) is 17.5 Å². The van der Waals surface area contributed by atoms with Crippen LogP contribution in [-0.4, -0.2) is 24.3 Å². The topological polar surface area (TPSA) is 65.6 Å². The minimum Gasteiger partial charge on any atom is -0.317 e. The second-order valence-electron chi connectivity index (χ2n) is 3.77. The number of aromatic nitrogens is 5. The Balaban J connectivity index is 2.47. The fourth-order valence-corrected chi connectivity index (χ4v) is 1.78. The number of hydrogen-bond donors (Lipinski definition) is 0. The van der Waals surface area contributed by atoms with Gasteiger partial charge < -0.3 is 4.57 Å². The maximum absolute atomic E-state index is 11.9. The van der Waals surface area contributed by atoms with Crippen LogP contribution in [0.5, 0.6) is 0 Å². The van der Waals surface area contributed by atoms with Crippen LogP contribution in [0.4, 0.5) is 0 Å². The second-order valence-corrected chi connectivity index (χ2v) is 4.62. The van der Waals surface area contributed by atoms with Crippen LogP contribution >= 0.6 is 15.9 Å². The van der Waals surface area contributed by atoms with E-state index in [1.807, 2.05) is 18.5 Å². The molecular formula is C10H12BrN5O. The Morgan fingerprint density at radius 2 is 2.00 bits per heavy atom. The Kier molecular flexibility index (Phi) is 3.10. The largest absolute Gasteiger partial charge is 0.317 e. The molecule has 0 aliphatic carbocycles. The number of aryl methyl sites for hydroxylation is 2. The van der Waals surface area contributed by atoms with Crippen LogP contribution in [0.3, 0.4) is 0 Å². The van der Waals surface area contributed by atoms with Crippen LogP contribution < -0.4 is 5.56 Å². The molecule has 7 heteroatoms. The lowest BCUT2D eigenvalue weighted by Crippen LogP contribution is -2.25. The number of hydrogen-bond acceptors (Lipinski definition) is 4. The Labute approximate surface area is 106 Å². The monoisotopic (exact) mass is 297 g/mol. The minimum absolute atomic E-state index is 0.113. The lowest BCUT2D eigenvalue weighted by Gasteiger charge is -2.08. The zero-order valence-electron chi connectivity index (χ0n) is 9.81. The molecule has 0 saturated carbocycles. The molecule has 0 unspecified atom stereocenters. The highest BCUT2D eigenvalue weighted by Crippen LogP contribution is 2.04. The van der Waals surface area contributed by atoms with Crippen molar-refractivity contribution in [3.05, 3.63) is 38.5 Å². The van der Waals surface area contributed by atoms with Gasteiger partial charge in [-0.1, -0.05) is 0 Å². The van der Waals surface area contributed by atoms with Crippen molar-refractivity contribution in [2.75, 3.05) is 0 Å². The van der Waals surface area contributed by atoms with Crippen molar-refractivity contribution in [3.8, 4) is 0 Å². The van der Waals surface area contributed by atoms with Gasteiger partial charge in [-0.05, 0) is 29.8 Å². The molecule has 6 nitrogen and oxygen atoms in total. The fourth-order valence-electron chi connectivity index (χ4n) is 1.47. The van der Waals surface area contributed by atoms with Gasteiger partial charge in [0.15, 0.2) is 5.82 Å². The highest BCUT2D eigenvalue weighted by Gasteiger charge is 2.10. The molecule has 0 N–H and O–H groups in total. The average molecular weight is 298 g/mol. The van der Waals surface area contributed by atoms with Crippen molar-refractivity contribution in [3.63, 3.8) is 0 Å². The van der Waals surface area contributed by atoms with E-state index in [1.165, 1.54) is 6.20 Å². The van der Waals surface area contributed by atoms with Gasteiger partial charge in [0.25, 0.3) is 5.56 Å². The van der Waals surface area contributed by atoms with Gasteiger partial charge in [0.05, 0.1) is 6.54 Å². The summed E-state index contributed by atoms with van der Waals surface area (Å²) in [6, 6.07) is 0. The smallest absolute Gasteiger partial charge is 0.268 e. The summed E-state index contributed by atoms with van der Waals surface area (Å²) in [4.78, 5) is 16.1. The molecule has 0 atom stereocenters. The molecule has 2 aromatic heterocycles. The summed E-state index contributed by atoms with van der Waals surface area (Å²) < 4.78 is 3.86. The van der Waals surface area contributed by atoms with E-state index in [0.29, 0.717) is 16.8 Å². The summed E-state index contributed by atoms with van der Waals surface area (Å²) in [5.74, 6) is 2.19. The van der Waals surface area contributed by atoms with Gasteiger partial charge in [0.1, 0.15) is 16.1 Å². The first-order valence-corrected chi connectivity index (χ1v) is 5.87. The lowest BCUT2D eigenvalue weighted by atomic mass is 10.4. The van der Waals surface area contributed by atoms with E-state index in [2.05, 4.69) is 31.1 Å². The fraction of sp³-hybridized carbons (Fsp3) is 0.400. The molecule has 0 spiro atoms. The molecule has 0 aliphatic heterocycles. The Morgan fingerprint density at radius 3 is 2.59 bits per heavy atom. The van der Waals surface area contributed by atoms with Crippen molar-refractivity contribution >= 4 is 15.9 Å². The number of nitrogens with zero attached hydrogens (tertiary/aromatic N) is 5. The first-order chi connectivity index (χ1) is 8.00. The molecule has 2 rings (SSSR count). The molecular weight excluding hydrogens is 286 g/mol. The van der Waals surface area contributed by atoms with Crippen LogP contribution in [0, 0.1) is 13.8 Å². The van der Waals surface area contributed by atoms with Crippen molar-refractivity contribution < 1.29 is 0 Å².